The quantitative estimate of drug-likeness (QED) is 0.455. The minimum atomic E-state index is -4.61. The maximum Gasteiger partial charge on any atom is 0.433 e. The number of carbonyl (C=O) groups excluding carboxylic acids is 2. The minimum absolute atomic E-state index is 0.00417. The molecule has 3 aromatic rings. The molecule has 0 radical (unpaired) electrons. The predicted molar refractivity (Wildman–Crippen MR) is 136 cm³/mol. The number of hydrogen-bond donors (Lipinski definition) is 1. The van der Waals surface area contributed by atoms with E-state index in [4.69, 9.17) is 4.74 Å². The van der Waals surface area contributed by atoms with E-state index in [1.165, 1.54) is 40.8 Å². The van der Waals surface area contributed by atoms with Crippen molar-refractivity contribution >= 4 is 23.8 Å². The van der Waals surface area contributed by atoms with Crippen LogP contribution >= 0.6 is 0 Å². The van der Waals surface area contributed by atoms with Crippen LogP contribution in [0.25, 0.3) is 23.2 Å². The van der Waals surface area contributed by atoms with E-state index in [-0.39, 0.29) is 47.9 Å². The van der Waals surface area contributed by atoms with E-state index in [0.29, 0.717) is 11.3 Å². The first-order valence-electron chi connectivity index (χ1n) is 12.6. The molecule has 1 saturated heterocycles. The Bertz CT molecular complexity index is 1440. The van der Waals surface area contributed by atoms with Gasteiger partial charge in [-0.1, -0.05) is 0 Å². The van der Waals surface area contributed by atoms with E-state index < -0.39 is 23.6 Å². The van der Waals surface area contributed by atoms with Crippen LogP contribution in [0.15, 0.2) is 37.2 Å². The van der Waals surface area contributed by atoms with Crippen LogP contribution in [-0.4, -0.2) is 71.3 Å². The molecule has 0 unspecified atom stereocenters. The van der Waals surface area contributed by atoms with Gasteiger partial charge in [-0.05, 0) is 45.7 Å². The first-order chi connectivity index (χ1) is 18.9. The van der Waals surface area contributed by atoms with Crippen molar-refractivity contribution in [3.8, 4) is 11.4 Å². The third-order valence-electron chi connectivity index (χ3n) is 6.15. The van der Waals surface area contributed by atoms with Gasteiger partial charge in [0.1, 0.15) is 23.9 Å². The number of amides is 2. The van der Waals surface area contributed by atoms with E-state index in [2.05, 4.69) is 30.4 Å². The fourth-order valence-corrected chi connectivity index (χ4v) is 4.09. The Labute approximate surface area is 227 Å². The Morgan fingerprint density at radius 3 is 2.42 bits per heavy atom. The van der Waals surface area contributed by atoms with Crippen LogP contribution in [0.1, 0.15) is 56.5 Å². The standard InChI is InChI=1S/C26H27F3N8O3/c1-25(2,3)40-24(39)33-18-10-36(11-18)23(38)19(17-8-30-13-31-9-17)12-37-14-32-22(35-37)16-6-20(15-4-5-15)34-21(7-16)26(27,28)29/h6-9,12-15,18H,4-5,10-11H2,1-3H3,(H,33,39)/b19-12+. The number of likely N-dealkylation sites (tertiary alicyclic amines) is 1. The van der Waals surface area contributed by atoms with E-state index >= 15 is 0 Å². The van der Waals surface area contributed by atoms with Gasteiger partial charge >= 0.3 is 12.3 Å². The van der Waals surface area contributed by atoms with Crippen molar-refractivity contribution in [1.29, 1.82) is 0 Å². The van der Waals surface area contributed by atoms with Crippen molar-refractivity contribution in [2.45, 2.75) is 57.3 Å². The fourth-order valence-electron chi connectivity index (χ4n) is 4.09. The number of pyridine rings is 1. The first kappa shape index (κ1) is 27.2. The molecule has 2 fully saturated rings. The number of alkyl halides is 3. The van der Waals surface area contributed by atoms with Crippen molar-refractivity contribution in [3.63, 3.8) is 0 Å². The maximum atomic E-state index is 13.5. The predicted octanol–water partition coefficient (Wildman–Crippen LogP) is 3.76. The lowest BCUT2D eigenvalue weighted by Gasteiger charge is -2.40. The molecule has 0 atom stereocenters. The van der Waals surface area contributed by atoms with E-state index in [0.717, 1.165) is 18.9 Å². The molecule has 1 saturated carbocycles. The smallest absolute Gasteiger partial charge is 0.433 e. The molecule has 2 aliphatic rings. The lowest BCUT2D eigenvalue weighted by molar-refractivity contribution is -0.141. The molecule has 1 N–H and O–H groups in total. The van der Waals surface area contributed by atoms with Crippen LogP contribution in [0.3, 0.4) is 0 Å². The summed E-state index contributed by atoms with van der Waals surface area (Å²) >= 11 is 0. The average Bonchev–Trinajstić information content (AvgIpc) is 3.61. The molecule has 1 aliphatic heterocycles. The third kappa shape index (κ3) is 6.43. The summed E-state index contributed by atoms with van der Waals surface area (Å²) in [7, 11) is 0. The van der Waals surface area contributed by atoms with Crippen molar-refractivity contribution in [1.82, 2.24) is 39.9 Å². The molecule has 0 aromatic carbocycles. The van der Waals surface area contributed by atoms with Crippen molar-refractivity contribution < 1.29 is 27.5 Å². The molecule has 0 bridgehead atoms. The van der Waals surface area contributed by atoms with Gasteiger partial charge < -0.3 is 15.0 Å². The number of nitrogens with zero attached hydrogens (tertiary/aromatic N) is 7. The molecular weight excluding hydrogens is 529 g/mol. The van der Waals surface area contributed by atoms with E-state index in [9.17, 15) is 22.8 Å². The van der Waals surface area contributed by atoms with Crippen LogP contribution in [0.5, 0.6) is 0 Å². The second-order valence-electron chi connectivity index (χ2n) is 10.7. The van der Waals surface area contributed by atoms with Crippen molar-refractivity contribution in [2.75, 3.05) is 13.1 Å². The number of hydrogen-bond acceptors (Lipinski definition) is 8. The molecule has 0 spiro atoms. The Balaban J connectivity index is 1.37. The highest BCUT2D eigenvalue weighted by Gasteiger charge is 2.36. The highest BCUT2D eigenvalue weighted by Crippen LogP contribution is 2.41. The van der Waals surface area contributed by atoms with Gasteiger partial charge in [-0.3, -0.25) is 4.79 Å². The third-order valence-corrected chi connectivity index (χ3v) is 6.15. The minimum Gasteiger partial charge on any atom is -0.444 e. The van der Waals surface area contributed by atoms with Gasteiger partial charge in [-0.15, -0.1) is 5.10 Å². The fraction of sp³-hybridized carbons (Fsp3) is 0.423. The number of rotatable bonds is 6. The molecule has 40 heavy (non-hydrogen) atoms. The first-order valence-corrected chi connectivity index (χ1v) is 12.6. The van der Waals surface area contributed by atoms with E-state index in [1.807, 2.05) is 0 Å². The molecule has 3 aromatic heterocycles. The average molecular weight is 557 g/mol. The largest absolute Gasteiger partial charge is 0.444 e. The summed E-state index contributed by atoms with van der Waals surface area (Å²) in [6.07, 6.45) is 3.37. The Kier molecular flexibility index (Phi) is 7.02. The SMILES string of the molecule is CC(C)(C)OC(=O)NC1CN(C(=O)/C(=C/n2cnc(-c3cc(C4CC4)nc(C(F)(F)F)c3)n2)c2cncnc2)C1. The van der Waals surface area contributed by atoms with Crippen LogP contribution in [0.4, 0.5) is 18.0 Å². The lowest BCUT2D eigenvalue weighted by atomic mass is 10.0. The van der Waals surface area contributed by atoms with Crippen LogP contribution in [-0.2, 0) is 15.7 Å². The summed E-state index contributed by atoms with van der Waals surface area (Å²) in [6.45, 7) is 5.79. The molecule has 14 heteroatoms. The van der Waals surface area contributed by atoms with Gasteiger partial charge in [-0.25, -0.2) is 29.4 Å². The van der Waals surface area contributed by atoms with Crippen molar-refractivity contribution in [2.24, 2.45) is 0 Å². The number of halogens is 3. The molecule has 210 valence electrons. The number of nitrogens with one attached hydrogen (secondary N) is 1. The summed E-state index contributed by atoms with van der Waals surface area (Å²) in [5.74, 6) is -0.309. The lowest BCUT2D eigenvalue weighted by Crippen LogP contribution is -2.61. The monoisotopic (exact) mass is 556 g/mol. The van der Waals surface area contributed by atoms with Crippen LogP contribution in [0.2, 0.25) is 0 Å². The van der Waals surface area contributed by atoms with Gasteiger partial charge in [-0.2, -0.15) is 13.2 Å². The number of alkyl carbamates (subject to hydrolysis) is 1. The molecule has 11 nitrogen and oxygen atoms in total. The Morgan fingerprint density at radius 1 is 1.10 bits per heavy atom. The van der Waals surface area contributed by atoms with Gasteiger partial charge in [0.25, 0.3) is 5.91 Å². The van der Waals surface area contributed by atoms with Gasteiger partial charge in [0.05, 0.1) is 11.6 Å². The summed E-state index contributed by atoms with van der Waals surface area (Å²) in [5.41, 5.74) is -0.492. The van der Waals surface area contributed by atoms with E-state index in [1.54, 1.807) is 26.8 Å². The Morgan fingerprint density at radius 2 is 1.80 bits per heavy atom. The topological polar surface area (TPSA) is 128 Å². The van der Waals surface area contributed by atoms with Crippen LogP contribution in [0, 0.1) is 0 Å². The van der Waals surface area contributed by atoms with Crippen molar-refractivity contribution in [3.05, 3.63) is 54.1 Å². The zero-order valence-electron chi connectivity index (χ0n) is 22.0. The second kappa shape index (κ2) is 10.3. The summed E-state index contributed by atoms with van der Waals surface area (Å²) in [6, 6.07) is 2.22. The summed E-state index contributed by atoms with van der Waals surface area (Å²) < 4.78 is 47.0. The number of aromatic nitrogens is 6. The molecule has 4 heterocycles. The molecule has 2 amide bonds. The zero-order chi connectivity index (χ0) is 28.7. The molecular formula is C26H27F3N8O3. The number of ether oxygens (including phenoxy) is 1. The molecule has 1 aliphatic carbocycles. The molecule has 5 rings (SSSR count). The number of carbonyl (C=O) groups is 2. The van der Waals surface area contributed by atoms with Gasteiger partial charge in [0.15, 0.2) is 5.82 Å². The highest BCUT2D eigenvalue weighted by molar-refractivity contribution is 6.23. The zero-order valence-corrected chi connectivity index (χ0v) is 22.0. The maximum absolute atomic E-state index is 13.5. The van der Waals surface area contributed by atoms with Crippen LogP contribution < -0.4 is 5.32 Å². The summed E-state index contributed by atoms with van der Waals surface area (Å²) in [5, 5.41) is 7.04. The summed E-state index contributed by atoms with van der Waals surface area (Å²) in [4.78, 5) is 42.9. The van der Waals surface area contributed by atoms with Gasteiger partial charge in [0.2, 0.25) is 0 Å². The normalized spacial score (nSPS) is 16.4. The second-order valence-corrected chi connectivity index (χ2v) is 10.7. The Hall–Kier alpha value is -4.36. The van der Waals surface area contributed by atoms with Gasteiger partial charge in [0, 0.05) is 54.4 Å². The highest BCUT2D eigenvalue weighted by atomic mass is 19.4.